The van der Waals surface area contributed by atoms with Crippen molar-refractivity contribution in [3.05, 3.63) is 54.1 Å². The van der Waals surface area contributed by atoms with Crippen molar-refractivity contribution in [1.82, 2.24) is 20.6 Å². The molecular formula is C17H22N4O4. The zero-order chi connectivity index (χ0) is 18.1. The Labute approximate surface area is 145 Å². The first-order chi connectivity index (χ1) is 12.1. The van der Waals surface area contributed by atoms with E-state index in [0.717, 1.165) is 11.3 Å². The van der Waals surface area contributed by atoms with Crippen LogP contribution in [0.3, 0.4) is 0 Å². The number of carbonyl (C=O) groups is 2. The van der Waals surface area contributed by atoms with Crippen molar-refractivity contribution < 1.29 is 19.8 Å². The van der Waals surface area contributed by atoms with Crippen LogP contribution in [0.25, 0.3) is 0 Å². The lowest BCUT2D eigenvalue weighted by Gasteiger charge is -2.17. The Kier molecular flexibility index (Phi) is 7.12. The highest BCUT2D eigenvalue weighted by Crippen LogP contribution is 2.03. The van der Waals surface area contributed by atoms with Crippen molar-refractivity contribution in [2.75, 3.05) is 13.1 Å². The number of benzene rings is 1. The van der Waals surface area contributed by atoms with E-state index < -0.39 is 24.0 Å². The van der Waals surface area contributed by atoms with Crippen LogP contribution >= 0.6 is 0 Å². The van der Waals surface area contributed by atoms with Gasteiger partial charge in [-0.1, -0.05) is 30.3 Å². The molecule has 0 spiro atoms. The smallest absolute Gasteiger partial charge is 0.321 e. The Hall–Kier alpha value is -2.71. The van der Waals surface area contributed by atoms with Gasteiger partial charge >= 0.3 is 11.9 Å². The third kappa shape index (κ3) is 6.36. The molecule has 0 amide bonds. The Balaban J connectivity index is 1.78. The predicted molar refractivity (Wildman–Crippen MR) is 91.3 cm³/mol. The molecule has 2 atom stereocenters. The van der Waals surface area contributed by atoms with Gasteiger partial charge in [-0.2, -0.15) is 0 Å². The molecule has 134 valence electrons. The first kappa shape index (κ1) is 18.6. The molecule has 1 aromatic carbocycles. The quantitative estimate of drug-likeness (QED) is 0.370. The molecule has 0 bridgehead atoms. The van der Waals surface area contributed by atoms with E-state index in [9.17, 15) is 19.8 Å². The molecule has 1 heterocycles. The molecule has 0 radical (unpaired) electrons. The van der Waals surface area contributed by atoms with Crippen LogP contribution in [0.2, 0.25) is 0 Å². The lowest BCUT2D eigenvalue weighted by molar-refractivity contribution is -0.140. The van der Waals surface area contributed by atoms with Gasteiger partial charge in [0.15, 0.2) is 0 Å². The molecule has 5 N–H and O–H groups in total. The van der Waals surface area contributed by atoms with Gasteiger partial charge in [-0.25, -0.2) is 4.98 Å². The maximum absolute atomic E-state index is 11.4. The largest absolute Gasteiger partial charge is 0.480 e. The molecule has 0 saturated carbocycles. The van der Waals surface area contributed by atoms with E-state index in [2.05, 4.69) is 20.6 Å². The van der Waals surface area contributed by atoms with Crippen molar-refractivity contribution in [2.45, 2.75) is 24.9 Å². The Morgan fingerprint density at radius 1 is 1.00 bits per heavy atom. The first-order valence-corrected chi connectivity index (χ1v) is 8.00. The molecule has 25 heavy (non-hydrogen) atoms. The van der Waals surface area contributed by atoms with Crippen molar-refractivity contribution in [2.24, 2.45) is 0 Å². The number of aliphatic carboxylic acids is 2. The normalized spacial score (nSPS) is 13.3. The molecule has 2 rings (SSSR count). The van der Waals surface area contributed by atoms with E-state index in [4.69, 9.17) is 0 Å². The maximum Gasteiger partial charge on any atom is 0.321 e. The number of nitrogens with one attached hydrogen (secondary N) is 3. The van der Waals surface area contributed by atoms with Gasteiger partial charge in [0.05, 0.1) is 6.33 Å². The highest BCUT2D eigenvalue weighted by Gasteiger charge is 2.19. The zero-order valence-corrected chi connectivity index (χ0v) is 13.7. The number of rotatable bonds is 11. The summed E-state index contributed by atoms with van der Waals surface area (Å²) >= 11 is 0. The highest BCUT2D eigenvalue weighted by atomic mass is 16.4. The van der Waals surface area contributed by atoms with Crippen molar-refractivity contribution in [1.29, 1.82) is 0 Å². The number of carboxylic acids is 2. The lowest BCUT2D eigenvalue weighted by Crippen LogP contribution is -2.45. The molecule has 8 nitrogen and oxygen atoms in total. The summed E-state index contributed by atoms with van der Waals surface area (Å²) in [6.45, 7) is 0.681. The fourth-order valence-corrected chi connectivity index (χ4v) is 2.45. The minimum Gasteiger partial charge on any atom is -0.480 e. The number of H-pyrrole nitrogens is 1. The Morgan fingerprint density at radius 3 is 2.12 bits per heavy atom. The highest BCUT2D eigenvalue weighted by molar-refractivity contribution is 5.74. The monoisotopic (exact) mass is 346 g/mol. The second-order valence-electron chi connectivity index (χ2n) is 5.66. The van der Waals surface area contributed by atoms with E-state index in [-0.39, 0.29) is 6.42 Å². The summed E-state index contributed by atoms with van der Waals surface area (Å²) in [5.41, 5.74) is 1.65. The van der Waals surface area contributed by atoms with Crippen LogP contribution in [0.4, 0.5) is 0 Å². The van der Waals surface area contributed by atoms with Gasteiger partial charge in [0, 0.05) is 31.4 Å². The minimum absolute atomic E-state index is 0.279. The lowest BCUT2D eigenvalue weighted by atomic mass is 10.1. The van der Waals surface area contributed by atoms with Gasteiger partial charge in [-0.05, 0) is 12.0 Å². The summed E-state index contributed by atoms with van der Waals surface area (Å²) in [4.78, 5) is 29.4. The van der Waals surface area contributed by atoms with Crippen molar-refractivity contribution in [3.63, 3.8) is 0 Å². The molecule has 0 aliphatic carbocycles. The number of imidazole rings is 1. The third-order valence-corrected chi connectivity index (χ3v) is 3.76. The number of nitrogens with zero attached hydrogens (tertiary/aromatic N) is 1. The van der Waals surface area contributed by atoms with Crippen LogP contribution in [0.15, 0.2) is 42.9 Å². The summed E-state index contributed by atoms with van der Waals surface area (Å²) in [6, 6.07) is 7.87. The number of aromatic nitrogens is 2. The van der Waals surface area contributed by atoms with Gasteiger partial charge in [0.25, 0.3) is 0 Å². The molecule has 0 saturated heterocycles. The Morgan fingerprint density at radius 2 is 1.60 bits per heavy atom. The molecule has 0 aliphatic heterocycles. The minimum atomic E-state index is -0.964. The number of aromatic amines is 1. The average Bonchev–Trinajstić information content (AvgIpc) is 3.10. The fourth-order valence-electron chi connectivity index (χ4n) is 2.45. The second kappa shape index (κ2) is 9.55. The summed E-state index contributed by atoms with van der Waals surface area (Å²) in [5, 5.41) is 24.4. The second-order valence-corrected chi connectivity index (χ2v) is 5.66. The number of hydrogen-bond donors (Lipinski definition) is 5. The summed E-state index contributed by atoms with van der Waals surface area (Å²) in [7, 11) is 0. The standard InChI is InChI=1S/C17H22N4O4/c22-16(23)14(8-12-4-2-1-3-5-12)19-6-7-20-15(17(24)25)9-13-10-18-11-21-13/h1-5,10-11,14-15,19-20H,6-9H2,(H,18,21)(H,22,23)(H,24,25)/t14?,15-/m0/s1. The van der Waals surface area contributed by atoms with Gasteiger partial charge in [0.2, 0.25) is 0 Å². The molecule has 1 unspecified atom stereocenters. The third-order valence-electron chi connectivity index (χ3n) is 3.76. The SMILES string of the molecule is O=C(O)C(Cc1ccccc1)NCCN[C@@H](Cc1cnc[nH]1)C(=O)O. The van der Waals surface area contributed by atoms with Crippen LogP contribution in [-0.2, 0) is 22.4 Å². The average molecular weight is 346 g/mol. The number of hydrogen-bond acceptors (Lipinski definition) is 5. The molecule has 1 aromatic heterocycles. The van der Waals surface area contributed by atoms with Crippen LogP contribution in [-0.4, -0.2) is 57.3 Å². The van der Waals surface area contributed by atoms with Gasteiger partial charge < -0.3 is 25.8 Å². The molecular weight excluding hydrogens is 324 g/mol. The van der Waals surface area contributed by atoms with Gasteiger partial charge in [0.1, 0.15) is 12.1 Å². The Bertz CT molecular complexity index is 661. The van der Waals surface area contributed by atoms with Crippen LogP contribution in [0.1, 0.15) is 11.3 Å². The molecule has 0 aliphatic rings. The van der Waals surface area contributed by atoms with E-state index in [1.165, 1.54) is 6.33 Å². The van der Waals surface area contributed by atoms with Crippen molar-refractivity contribution in [3.8, 4) is 0 Å². The van der Waals surface area contributed by atoms with E-state index >= 15 is 0 Å². The van der Waals surface area contributed by atoms with E-state index in [1.807, 2.05) is 30.3 Å². The molecule has 0 fully saturated rings. The summed E-state index contributed by atoms with van der Waals surface area (Å²) in [5.74, 6) is -1.90. The summed E-state index contributed by atoms with van der Waals surface area (Å²) < 4.78 is 0. The van der Waals surface area contributed by atoms with Crippen LogP contribution < -0.4 is 10.6 Å². The maximum atomic E-state index is 11.4. The zero-order valence-electron chi connectivity index (χ0n) is 13.7. The fraction of sp³-hybridized carbons (Fsp3) is 0.353. The van der Waals surface area contributed by atoms with Gasteiger partial charge in [-0.15, -0.1) is 0 Å². The van der Waals surface area contributed by atoms with Crippen molar-refractivity contribution >= 4 is 11.9 Å². The first-order valence-electron chi connectivity index (χ1n) is 8.00. The van der Waals surface area contributed by atoms with E-state index in [1.54, 1.807) is 6.20 Å². The molecule has 8 heteroatoms. The molecule has 2 aromatic rings. The van der Waals surface area contributed by atoms with Crippen LogP contribution in [0.5, 0.6) is 0 Å². The summed E-state index contributed by atoms with van der Waals surface area (Å²) in [6.07, 6.45) is 3.72. The predicted octanol–water partition coefficient (Wildman–Crippen LogP) is 0.281. The van der Waals surface area contributed by atoms with E-state index in [0.29, 0.717) is 19.5 Å². The topological polar surface area (TPSA) is 127 Å². The van der Waals surface area contributed by atoms with Gasteiger partial charge in [-0.3, -0.25) is 9.59 Å². The van der Waals surface area contributed by atoms with Crippen LogP contribution in [0, 0.1) is 0 Å². The number of carboxylic acid groups (broad SMARTS) is 2.